The second-order valence-electron chi connectivity index (χ2n) is 7.97. The monoisotopic (exact) mass is 458 g/mol. The predicted molar refractivity (Wildman–Crippen MR) is 131 cm³/mol. The molecule has 8 nitrogen and oxygen atoms in total. The molecule has 0 aromatic heterocycles. The highest BCUT2D eigenvalue weighted by molar-refractivity contribution is 6.04. The molecule has 5 rings (SSSR count). The zero-order chi connectivity index (χ0) is 23.5. The molecular formula is C26H26N4O4. The Morgan fingerprint density at radius 1 is 0.912 bits per heavy atom. The smallest absolute Gasteiger partial charge is 0.322 e. The van der Waals surface area contributed by atoms with Crippen LogP contribution in [0.2, 0.25) is 0 Å². The van der Waals surface area contributed by atoms with E-state index in [2.05, 4.69) is 10.2 Å². The van der Waals surface area contributed by atoms with Gasteiger partial charge in [-0.05, 0) is 36.4 Å². The average molecular weight is 459 g/mol. The summed E-state index contributed by atoms with van der Waals surface area (Å²) in [5, 5.41) is 2.96. The van der Waals surface area contributed by atoms with Crippen LogP contribution in [0.5, 0.6) is 23.0 Å². The number of para-hydroxylation sites is 4. The van der Waals surface area contributed by atoms with Crippen molar-refractivity contribution < 1.29 is 19.0 Å². The first-order valence-corrected chi connectivity index (χ1v) is 11.1. The maximum Gasteiger partial charge on any atom is 0.322 e. The number of nitrogens with zero attached hydrogens (tertiary/aromatic N) is 3. The largest absolute Gasteiger partial charge is 0.497 e. The van der Waals surface area contributed by atoms with Gasteiger partial charge in [-0.2, -0.15) is 0 Å². The molecule has 2 aliphatic rings. The van der Waals surface area contributed by atoms with Crippen LogP contribution < -0.4 is 19.5 Å². The minimum atomic E-state index is -0.147. The van der Waals surface area contributed by atoms with Crippen molar-refractivity contribution in [2.45, 2.75) is 0 Å². The highest BCUT2D eigenvalue weighted by Crippen LogP contribution is 2.39. The van der Waals surface area contributed by atoms with E-state index in [4.69, 9.17) is 19.2 Å². The number of hydrogen-bond donors (Lipinski definition) is 1. The number of nitrogens with one attached hydrogen (secondary N) is 1. The van der Waals surface area contributed by atoms with Gasteiger partial charge in [0.05, 0.1) is 25.5 Å². The third kappa shape index (κ3) is 4.22. The fourth-order valence-corrected chi connectivity index (χ4v) is 4.13. The van der Waals surface area contributed by atoms with Crippen molar-refractivity contribution in [3.05, 3.63) is 72.3 Å². The van der Waals surface area contributed by atoms with E-state index >= 15 is 0 Å². The number of ether oxygens (including phenoxy) is 3. The van der Waals surface area contributed by atoms with Gasteiger partial charge in [0.25, 0.3) is 0 Å². The van der Waals surface area contributed by atoms with Gasteiger partial charge in [-0.3, -0.25) is 0 Å². The van der Waals surface area contributed by atoms with E-state index in [0.29, 0.717) is 49.1 Å². The molecule has 0 spiro atoms. The van der Waals surface area contributed by atoms with Crippen molar-refractivity contribution in [2.24, 2.45) is 4.99 Å². The number of rotatable bonds is 3. The molecule has 0 unspecified atom stereocenters. The zero-order valence-electron chi connectivity index (χ0n) is 19.2. The summed E-state index contributed by atoms with van der Waals surface area (Å²) in [6.07, 6.45) is 0. The summed E-state index contributed by atoms with van der Waals surface area (Å²) in [5.41, 5.74) is 2.31. The van der Waals surface area contributed by atoms with Gasteiger partial charge in [-0.1, -0.05) is 24.3 Å². The number of carbonyl (C=O) groups excluding carboxylic acids is 1. The molecule has 0 bridgehead atoms. The van der Waals surface area contributed by atoms with Gasteiger partial charge >= 0.3 is 6.03 Å². The molecule has 0 saturated carbocycles. The van der Waals surface area contributed by atoms with Crippen molar-refractivity contribution in [1.82, 2.24) is 9.80 Å². The van der Waals surface area contributed by atoms with Gasteiger partial charge < -0.3 is 29.3 Å². The van der Waals surface area contributed by atoms with Crippen molar-refractivity contribution in [1.29, 1.82) is 0 Å². The van der Waals surface area contributed by atoms with E-state index in [-0.39, 0.29) is 6.03 Å². The third-order valence-electron chi connectivity index (χ3n) is 5.96. The highest BCUT2D eigenvalue weighted by Gasteiger charge is 2.28. The molecular weight excluding hydrogens is 432 g/mol. The van der Waals surface area contributed by atoms with Crippen LogP contribution in [0.1, 0.15) is 5.56 Å². The number of aliphatic imine (C=N–C) groups is 1. The minimum Gasteiger partial charge on any atom is -0.497 e. The van der Waals surface area contributed by atoms with Crippen LogP contribution in [0.15, 0.2) is 71.7 Å². The van der Waals surface area contributed by atoms with Gasteiger partial charge in [-0.15, -0.1) is 0 Å². The fourth-order valence-electron chi connectivity index (χ4n) is 4.13. The Morgan fingerprint density at radius 3 is 2.47 bits per heavy atom. The lowest BCUT2D eigenvalue weighted by Gasteiger charge is -2.36. The van der Waals surface area contributed by atoms with Crippen LogP contribution in [0.3, 0.4) is 0 Å². The quantitative estimate of drug-likeness (QED) is 0.614. The van der Waals surface area contributed by atoms with Crippen LogP contribution in [0, 0.1) is 0 Å². The van der Waals surface area contributed by atoms with Crippen LogP contribution in [0.4, 0.5) is 16.2 Å². The molecule has 1 N–H and O–H groups in total. The number of amides is 2. The van der Waals surface area contributed by atoms with Gasteiger partial charge in [-0.25, -0.2) is 9.79 Å². The highest BCUT2D eigenvalue weighted by atomic mass is 16.5. The van der Waals surface area contributed by atoms with Crippen LogP contribution in [-0.2, 0) is 0 Å². The number of fused-ring (bicyclic) bond motifs is 2. The fraction of sp³-hybridized carbons (Fsp3) is 0.231. The Morgan fingerprint density at radius 2 is 1.68 bits per heavy atom. The Hall–Kier alpha value is -4.20. The number of anilines is 1. The lowest BCUT2D eigenvalue weighted by atomic mass is 10.1. The maximum absolute atomic E-state index is 12.9. The molecule has 0 atom stereocenters. The molecule has 2 amide bonds. The van der Waals surface area contributed by atoms with Gasteiger partial charge in [0.15, 0.2) is 5.75 Å². The standard InChI is InChI=1S/C26H26N4O4/c1-32-18-11-12-19-24(17-18)34-23-10-6-4-8-21(23)27-25(19)29-13-15-30(16-14-29)26(31)28-20-7-3-5-9-22(20)33-2/h3-12,17H,13-16H2,1-2H3,(H,28,31). The van der Waals surface area contributed by atoms with E-state index in [0.717, 1.165) is 22.8 Å². The lowest BCUT2D eigenvalue weighted by molar-refractivity contribution is 0.181. The number of amidine groups is 1. The summed E-state index contributed by atoms with van der Waals surface area (Å²) in [6, 6.07) is 20.7. The summed E-state index contributed by atoms with van der Waals surface area (Å²) in [7, 11) is 3.23. The van der Waals surface area contributed by atoms with Crippen molar-refractivity contribution >= 4 is 23.2 Å². The number of urea groups is 1. The van der Waals surface area contributed by atoms with Crippen LogP contribution >= 0.6 is 0 Å². The van der Waals surface area contributed by atoms with E-state index in [1.165, 1.54) is 0 Å². The molecule has 0 aliphatic carbocycles. The van der Waals surface area contributed by atoms with Crippen LogP contribution in [-0.4, -0.2) is 62.1 Å². The normalized spacial score (nSPS) is 14.7. The first-order valence-electron chi connectivity index (χ1n) is 11.1. The Bertz CT molecular complexity index is 1230. The number of benzene rings is 3. The molecule has 0 radical (unpaired) electrons. The molecule has 3 aromatic carbocycles. The Kier molecular flexibility index (Phi) is 5.95. The van der Waals surface area contributed by atoms with Crippen molar-refractivity contribution in [3.8, 4) is 23.0 Å². The second kappa shape index (κ2) is 9.35. The molecule has 2 aliphatic heterocycles. The first-order chi connectivity index (χ1) is 16.7. The van der Waals surface area contributed by atoms with Gasteiger partial charge in [0.2, 0.25) is 0 Å². The lowest BCUT2D eigenvalue weighted by Crippen LogP contribution is -2.51. The van der Waals surface area contributed by atoms with Crippen molar-refractivity contribution in [3.63, 3.8) is 0 Å². The maximum atomic E-state index is 12.9. The summed E-state index contributed by atoms with van der Waals surface area (Å²) in [6.45, 7) is 2.42. The number of piperazine rings is 1. The number of carbonyl (C=O) groups is 1. The van der Waals surface area contributed by atoms with E-state index in [9.17, 15) is 4.79 Å². The first kappa shape index (κ1) is 21.6. The topological polar surface area (TPSA) is 75.6 Å². The molecule has 1 fully saturated rings. The van der Waals surface area contributed by atoms with E-state index in [1.807, 2.05) is 66.7 Å². The molecule has 1 saturated heterocycles. The third-order valence-corrected chi connectivity index (χ3v) is 5.96. The average Bonchev–Trinajstić information content (AvgIpc) is 3.05. The summed E-state index contributed by atoms with van der Waals surface area (Å²) >= 11 is 0. The summed E-state index contributed by atoms with van der Waals surface area (Å²) in [5.74, 6) is 3.57. The molecule has 8 heteroatoms. The number of methoxy groups -OCH3 is 2. The molecule has 2 heterocycles. The van der Waals surface area contributed by atoms with Gasteiger partial charge in [0.1, 0.15) is 28.8 Å². The Labute approximate surface area is 198 Å². The van der Waals surface area contributed by atoms with Gasteiger partial charge in [0, 0.05) is 32.2 Å². The zero-order valence-corrected chi connectivity index (χ0v) is 19.2. The van der Waals surface area contributed by atoms with Crippen molar-refractivity contribution in [2.75, 3.05) is 45.7 Å². The minimum absolute atomic E-state index is 0.147. The number of hydrogen-bond acceptors (Lipinski definition) is 6. The second-order valence-corrected chi connectivity index (χ2v) is 7.97. The molecule has 34 heavy (non-hydrogen) atoms. The summed E-state index contributed by atoms with van der Waals surface area (Å²) in [4.78, 5) is 21.8. The molecule has 174 valence electrons. The Balaban J connectivity index is 1.36. The van der Waals surface area contributed by atoms with Crippen LogP contribution in [0.25, 0.3) is 0 Å². The molecule has 3 aromatic rings. The van der Waals surface area contributed by atoms with E-state index < -0.39 is 0 Å². The SMILES string of the molecule is COc1ccc2c(c1)Oc1ccccc1N=C2N1CCN(C(=O)Nc2ccccc2OC)CC1. The predicted octanol–water partition coefficient (Wildman–Crippen LogP) is 4.74. The van der Waals surface area contributed by atoms with E-state index in [1.54, 1.807) is 19.1 Å². The summed E-state index contributed by atoms with van der Waals surface area (Å²) < 4.78 is 17.0.